The number of fused-ring (bicyclic) bond motifs is 3. The van der Waals surface area contributed by atoms with Gasteiger partial charge >= 0.3 is 0 Å². The molecule has 2 aliphatic rings. The summed E-state index contributed by atoms with van der Waals surface area (Å²) in [6.07, 6.45) is 5.53. The Labute approximate surface area is 151 Å². The van der Waals surface area contributed by atoms with E-state index in [9.17, 15) is 0 Å². The fourth-order valence-electron chi connectivity index (χ4n) is 3.88. The molecule has 0 spiro atoms. The SMILES string of the molecule is Cc1ccc(Cl)c2c1N[C@H](c1cccc(Cl)c1Cl)[C@H]1CC=C[C@@H]21. The van der Waals surface area contributed by atoms with E-state index in [1.54, 1.807) is 0 Å². The smallest absolute Gasteiger partial charge is 0.0645 e. The van der Waals surface area contributed by atoms with Gasteiger partial charge in [-0.3, -0.25) is 0 Å². The van der Waals surface area contributed by atoms with E-state index < -0.39 is 0 Å². The maximum absolute atomic E-state index is 6.51. The molecule has 0 bridgehead atoms. The zero-order chi connectivity index (χ0) is 16.1. The molecule has 1 N–H and O–H groups in total. The molecule has 1 aliphatic carbocycles. The van der Waals surface area contributed by atoms with Crippen LogP contribution in [0.4, 0.5) is 5.69 Å². The van der Waals surface area contributed by atoms with Crippen LogP contribution in [0.3, 0.4) is 0 Å². The van der Waals surface area contributed by atoms with Gasteiger partial charge in [0.2, 0.25) is 0 Å². The maximum atomic E-state index is 6.51. The van der Waals surface area contributed by atoms with Crippen molar-refractivity contribution < 1.29 is 0 Å². The first-order valence-electron chi connectivity index (χ1n) is 7.74. The molecule has 0 saturated heterocycles. The molecule has 0 radical (unpaired) electrons. The molecule has 0 amide bonds. The van der Waals surface area contributed by atoms with Crippen LogP contribution >= 0.6 is 34.8 Å². The zero-order valence-electron chi connectivity index (χ0n) is 12.6. The number of nitrogens with one attached hydrogen (secondary N) is 1. The van der Waals surface area contributed by atoms with Crippen molar-refractivity contribution in [3.05, 3.63) is 74.2 Å². The highest BCUT2D eigenvalue weighted by Crippen LogP contribution is 2.53. The Morgan fingerprint density at radius 1 is 1.04 bits per heavy atom. The quantitative estimate of drug-likeness (QED) is 0.550. The van der Waals surface area contributed by atoms with Gasteiger partial charge in [0.15, 0.2) is 0 Å². The van der Waals surface area contributed by atoms with Gasteiger partial charge in [-0.1, -0.05) is 65.2 Å². The predicted octanol–water partition coefficient (Wildman–Crippen LogP) is 6.78. The Morgan fingerprint density at radius 2 is 1.87 bits per heavy atom. The number of rotatable bonds is 1. The maximum Gasteiger partial charge on any atom is 0.0645 e. The van der Waals surface area contributed by atoms with Crippen molar-refractivity contribution in [1.29, 1.82) is 0 Å². The van der Waals surface area contributed by atoms with E-state index in [1.807, 2.05) is 18.2 Å². The number of halogens is 3. The lowest BCUT2D eigenvalue weighted by Gasteiger charge is -2.39. The molecule has 1 aliphatic heterocycles. The summed E-state index contributed by atoms with van der Waals surface area (Å²) < 4.78 is 0. The number of benzene rings is 2. The summed E-state index contributed by atoms with van der Waals surface area (Å²) >= 11 is 19.2. The predicted molar refractivity (Wildman–Crippen MR) is 99.0 cm³/mol. The molecule has 0 fully saturated rings. The summed E-state index contributed by atoms with van der Waals surface area (Å²) in [6.45, 7) is 2.11. The van der Waals surface area contributed by atoms with Gasteiger partial charge in [-0.2, -0.15) is 0 Å². The summed E-state index contributed by atoms with van der Waals surface area (Å²) in [5.74, 6) is 0.719. The lowest BCUT2D eigenvalue weighted by atomic mass is 9.76. The largest absolute Gasteiger partial charge is 0.377 e. The molecule has 0 aromatic heterocycles. The van der Waals surface area contributed by atoms with E-state index in [-0.39, 0.29) is 6.04 Å². The molecule has 0 saturated carbocycles. The van der Waals surface area contributed by atoms with Crippen LogP contribution in [0.15, 0.2) is 42.5 Å². The third kappa shape index (κ3) is 2.38. The number of hydrogen-bond acceptors (Lipinski definition) is 1. The second-order valence-electron chi connectivity index (χ2n) is 6.27. The first kappa shape index (κ1) is 15.4. The van der Waals surface area contributed by atoms with Crippen molar-refractivity contribution in [2.75, 3.05) is 5.32 Å². The standard InChI is InChI=1S/C19H16Cl3N/c1-10-8-9-14(20)16-11-4-2-5-12(11)19(23-18(10)16)13-6-3-7-15(21)17(13)22/h2-4,6-9,11-12,19,23H,5H2,1H3/t11-,12+,19+/m1/s1. The molecule has 2 aromatic rings. The number of anilines is 1. The summed E-state index contributed by atoms with van der Waals surface area (Å²) in [5.41, 5.74) is 4.60. The summed E-state index contributed by atoms with van der Waals surface area (Å²) in [7, 11) is 0. The van der Waals surface area contributed by atoms with Crippen LogP contribution in [0.5, 0.6) is 0 Å². The van der Waals surface area contributed by atoms with Crippen LogP contribution < -0.4 is 5.32 Å². The second kappa shape index (κ2) is 5.73. The first-order chi connectivity index (χ1) is 11.1. The van der Waals surface area contributed by atoms with Gasteiger partial charge in [0, 0.05) is 22.2 Å². The van der Waals surface area contributed by atoms with Crippen LogP contribution in [0.1, 0.15) is 35.1 Å². The van der Waals surface area contributed by atoms with Crippen molar-refractivity contribution in [3.63, 3.8) is 0 Å². The molecule has 1 heterocycles. The van der Waals surface area contributed by atoms with Crippen molar-refractivity contribution in [1.82, 2.24) is 0 Å². The zero-order valence-corrected chi connectivity index (χ0v) is 14.9. The summed E-state index contributed by atoms with van der Waals surface area (Å²) in [5, 5.41) is 5.76. The van der Waals surface area contributed by atoms with Crippen LogP contribution in [0.25, 0.3) is 0 Å². The molecule has 4 heteroatoms. The minimum atomic E-state index is 0.130. The van der Waals surface area contributed by atoms with Gasteiger partial charge in [-0.05, 0) is 42.5 Å². The van der Waals surface area contributed by atoms with E-state index in [2.05, 4.69) is 36.5 Å². The third-order valence-electron chi connectivity index (χ3n) is 4.99. The van der Waals surface area contributed by atoms with Crippen molar-refractivity contribution in [2.24, 2.45) is 5.92 Å². The molecular formula is C19H16Cl3N. The van der Waals surface area contributed by atoms with E-state index in [0.29, 0.717) is 21.9 Å². The van der Waals surface area contributed by atoms with Gasteiger partial charge in [0.05, 0.1) is 16.1 Å². The van der Waals surface area contributed by atoms with Gasteiger partial charge < -0.3 is 5.32 Å². The molecule has 4 rings (SSSR count). The highest BCUT2D eigenvalue weighted by atomic mass is 35.5. The average Bonchev–Trinajstić information content (AvgIpc) is 3.02. The van der Waals surface area contributed by atoms with Crippen LogP contribution in [-0.4, -0.2) is 0 Å². The lowest BCUT2D eigenvalue weighted by molar-refractivity contribution is 0.425. The van der Waals surface area contributed by atoms with Crippen molar-refractivity contribution >= 4 is 40.5 Å². The highest BCUT2D eigenvalue weighted by molar-refractivity contribution is 6.42. The molecular weight excluding hydrogens is 349 g/mol. The summed E-state index contributed by atoms with van der Waals surface area (Å²) in [4.78, 5) is 0. The number of hydrogen-bond donors (Lipinski definition) is 1. The average molecular weight is 365 g/mol. The fraction of sp³-hybridized carbons (Fsp3) is 0.263. The van der Waals surface area contributed by atoms with E-state index in [1.165, 1.54) is 11.1 Å². The van der Waals surface area contributed by atoms with Gasteiger partial charge in [0.1, 0.15) is 0 Å². The van der Waals surface area contributed by atoms with Gasteiger partial charge in [-0.25, -0.2) is 0 Å². The minimum absolute atomic E-state index is 0.130. The Kier molecular flexibility index (Phi) is 3.84. The Balaban J connectivity index is 1.88. The molecule has 1 nitrogen and oxygen atoms in total. The first-order valence-corrected chi connectivity index (χ1v) is 8.87. The Hall–Kier alpha value is -1.15. The molecule has 2 aromatic carbocycles. The number of allylic oxidation sites excluding steroid dienone is 2. The third-order valence-corrected chi connectivity index (χ3v) is 6.15. The summed E-state index contributed by atoms with van der Waals surface area (Å²) in [6, 6.07) is 10.0. The van der Waals surface area contributed by atoms with Crippen LogP contribution in [0, 0.1) is 12.8 Å². The molecule has 118 valence electrons. The van der Waals surface area contributed by atoms with Crippen LogP contribution in [0.2, 0.25) is 15.1 Å². The lowest BCUT2D eigenvalue weighted by Crippen LogP contribution is -2.30. The monoisotopic (exact) mass is 363 g/mol. The van der Waals surface area contributed by atoms with E-state index in [4.69, 9.17) is 34.8 Å². The minimum Gasteiger partial charge on any atom is -0.377 e. The van der Waals surface area contributed by atoms with Crippen LogP contribution in [-0.2, 0) is 0 Å². The van der Waals surface area contributed by atoms with Crippen molar-refractivity contribution in [2.45, 2.75) is 25.3 Å². The van der Waals surface area contributed by atoms with E-state index >= 15 is 0 Å². The second-order valence-corrected chi connectivity index (χ2v) is 7.46. The molecule has 0 unspecified atom stereocenters. The highest BCUT2D eigenvalue weighted by Gasteiger charge is 2.40. The molecule has 3 atom stereocenters. The molecule has 23 heavy (non-hydrogen) atoms. The fourth-order valence-corrected chi connectivity index (χ4v) is 4.59. The topological polar surface area (TPSA) is 12.0 Å². The van der Waals surface area contributed by atoms with Gasteiger partial charge in [0.25, 0.3) is 0 Å². The Morgan fingerprint density at radius 3 is 2.70 bits per heavy atom. The number of aryl methyl sites for hydroxylation is 1. The Bertz CT molecular complexity index is 813. The van der Waals surface area contributed by atoms with E-state index in [0.717, 1.165) is 22.7 Å². The van der Waals surface area contributed by atoms with Crippen molar-refractivity contribution in [3.8, 4) is 0 Å². The normalized spacial score (nSPS) is 25.0. The van der Waals surface area contributed by atoms with Gasteiger partial charge in [-0.15, -0.1) is 0 Å².